The predicted molar refractivity (Wildman–Crippen MR) is 80.2 cm³/mol. The number of hydrogen-bond acceptors (Lipinski definition) is 2. The molecule has 2 nitrogen and oxygen atoms in total. The minimum absolute atomic E-state index is 0.0702. The van der Waals surface area contributed by atoms with Gasteiger partial charge in [0.2, 0.25) is 0 Å². The Morgan fingerprint density at radius 3 is 2.26 bits per heavy atom. The van der Waals surface area contributed by atoms with E-state index in [4.69, 9.17) is 5.73 Å². The molecule has 2 heteroatoms. The summed E-state index contributed by atoms with van der Waals surface area (Å²) >= 11 is 0. The molecule has 19 heavy (non-hydrogen) atoms. The fourth-order valence-electron chi connectivity index (χ4n) is 2.30. The summed E-state index contributed by atoms with van der Waals surface area (Å²) < 4.78 is 0. The van der Waals surface area contributed by atoms with Crippen LogP contribution in [0.15, 0.2) is 42.7 Å². The van der Waals surface area contributed by atoms with E-state index in [1.54, 1.807) is 0 Å². The summed E-state index contributed by atoms with van der Waals surface area (Å²) in [5, 5.41) is 0. The van der Waals surface area contributed by atoms with E-state index in [2.05, 4.69) is 50.0 Å². The van der Waals surface area contributed by atoms with Gasteiger partial charge in [0.05, 0.1) is 6.04 Å². The molecular formula is C17H22N2. The molecule has 0 aliphatic heterocycles. The van der Waals surface area contributed by atoms with Gasteiger partial charge in [-0.15, -0.1) is 0 Å². The lowest BCUT2D eigenvalue weighted by atomic mass is 9.93. The van der Waals surface area contributed by atoms with Crippen LogP contribution in [-0.4, -0.2) is 4.98 Å². The molecular weight excluding hydrogens is 232 g/mol. The first-order valence-corrected chi connectivity index (χ1v) is 6.91. The number of rotatable bonds is 4. The third-order valence-corrected chi connectivity index (χ3v) is 3.62. The number of pyridine rings is 1. The van der Waals surface area contributed by atoms with Gasteiger partial charge in [-0.2, -0.15) is 0 Å². The lowest BCUT2D eigenvalue weighted by Gasteiger charge is -2.16. The number of aromatic nitrogens is 1. The summed E-state index contributed by atoms with van der Waals surface area (Å²) in [6.07, 6.45) is 4.69. The average Bonchev–Trinajstić information content (AvgIpc) is 2.46. The van der Waals surface area contributed by atoms with Gasteiger partial charge in [0.25, 0.3) is 0 Å². The number of nitrogens with zero attached hydrogens (tertiary/aromatic N) is 1. The van der Waals surface area contributed by atoms with E-state index in [9.17, 15) is 0 Å². The number of benzene rings is 1. The fraction of sp³-hybridized carbons (Fsp3) is 0.353. The van der Waals surface area contributed by atoms with Gasteiger partial charge in [0.15, 0.2) is 0 Å². The van der Waals surface area contributed by atoms with Crippen LogP contribution in [0.4, 0.5) is 0 Å². The molecule has 0 fully saturated rings. The molecule has 0 amide bonds. The Kier molecular flexibility index (Phi) is 4.33. The lowest BCUT2D eigenvalue weighted by Crippen LogP contribution is -2.14. The molecule has 0 saturated heterocycles. The maximum absolute atomic E-state index is 6.39. The second kappa shape index (κ2) is 5.98. The highest BCUT2D eigenvalue weighted by Crippen LogP contribution is 2.24. The molecule has 1 aromatic heterocycles. The van der Waals surface area contributed by atoms with Crippen LogP contribution >= 0.6 is 0 Å². The maximum Gasteiger partial charge on any atom is 0.0555 e. The van der Waals surface area contributed by atoms with E-state index in [-0.39, 0.29) is 6.04 Å². The Labute approximate surface area is 115 Å². The first-order chi connectivity index (χ1) is 9.13. The summed E-state index contributed by atoms with van der Waals surface area (Å²) in [6, 6.07) is 10.6. The number of hydrogen-bond donors (Lipinski definition) is 1. The predicted octanol–water partition coefficient (Wildman–Crippen LogP) is 3.82. The Bertz CT molecular complexity index is 529. The smallest absolute Gasteiger partial charge is 0.0555 e. The van der Waals surface area contributed by atoms with Crippen LogP contribution in [0.1, 0.15) is 55.0 Å². The topological polar surface area (TPSA) is 38.9 Å². The standard InChI is InChI=1S/C17H22N2/c1-4-13-11-19-10-9-16(13)17(18)15-7-5-14(6-8-15)12(2)3/h5-12,17H,4,18H2,1-3H3. The number of nitrogens with two attached hydrogens (primary N) is 1. The van der Waals surface area contributed by atoms with Crippen molar-refractivity contribution >= 4 is 0 Å². The van der Waals surface area contributed by atoms with Crippen molar-refractivity contribution in [1.82, 2.24) is 4.98 Å². The molecule has 1 atom stereocenters. The Morgan fingerprint density at radius 2 is 1.68 bits per heavy atom. The van der Waals surface area contributed by atoms with Crippen molar-refractivity contribution in [2.45, 2.75) is 39.2 Å². The second-order valence-electron chi connectivity index (χ2n) is 5.23. The molecule has 0 aliphatic carbocycles. The van der Waals surface area contributed by atoms with Crippen molar-refractivity contribution in [2.24, 2.45) is 5.73 Å². The SMILES string of the molecule is CCc1cnccc1C(N)c1ccc(C(C)C)cc1. The molecule has 1 aromatic carbocycles. The third-order valence-electron chi connectivity index (χ3n) is 3.62. The van der Waals surface area contributed by atoms with Gasteiger partial charge in [-0.05, 0) is 40.7 Å². The van der Waals surface area contributed by atoms with Gasteiger partial charge in [-0.3, -0.25) is 4.98 Å². The Balaban J connectivity index is 2.30. The third kappa shape index (κ3) is 3.02. The summed E-state index contributed by atoms with van der Waals surface area (Å²) in [7, 11) is 0. The monoisotopic (exact) mass is 254 g/mol. The lowest BCUT2D eigenvalue weighted by molar-refractivity contribution is 0.832. The molecule has 0 aliphatic rings. The molecule has 1 unspecified atom stereocenters. The summed E-state index contributed by atoms with van der Waals surface area (Å²) in [4.78, 5) is 4.17. The van der Waals surface area contributed by atoms with Crippen LogP contribution in [0, 0.1) is 0 Å². The van der Waals surface area contributed by atoms with Gasteiger partial charge < -0.3 is 5.73 Å². The second-order valence-corrected chi connectivity index (χ2v) is 5.23. The van der Waals surface area contributed by atoms with E-state index in [1.165, 1.54) is 16.7 Å². The summed E-state index contributed by atoms with van der Waals surface area (Å²) in [5.74, 6) is 0.553. The van der Waals surface area contributed by atoms with Crippen LogP contribution < -0.4 is 5.73 Å². The highest BCUT2D eigenvalue weighted by molar-refractivity contribution is 5.36. The van der Waals surface area contributed by atoms with Crippen LogP contribution in [0.2, 0.25) is 0 Å². The first kappa shape index (κ1) is 13.8. The van der Waals surface area contributed by atoms with Gasteiger partial charge in [0.1, 0.15) is 0 Å². The molecule has 0 radical (unpaired) electrons. The highest BCUT2D eigenvalue weighted by atomic mass is 14.7. The van der Waals surface area contributed by atoms with E-state index >= 15 is 0 Å². The molecule has 0 bridgehead atoms. The van der Waals surface area contributed by atoms with Gasteiger partial charge in [0, 0.05) is 12.4 Å². The van der Waals surface area contributed by atoms with E-state index < -0.39 is 0 Å². The molecule has 0 saturated carbocycles. The summed E-state index contributed by atoms with van der Waals surface area (Å²) in [6.45, 7) is 6.54. The molecule has 0 spiro atoms. The van der Waals surface area contributed by atoms with Crippen LogP contribution in [0.5, 0.6) is 0 Å². The Morgan fingerprint density at radius 1 is 1.05 bits per heavy atom. The van der Waals surface area contributed by atoms with E-state index in [0.29, 0.717) is 5.92 Å². The van der Waals surface area contributed by atoms with Gasteiger partial charge >= 0.3 is 0 Å². The van der Waals surface area contributed by atoms with Crippen LogP contribution in [-0.2, 0) is 6.42 Å². The van der Waals surface area contributed by atoms with Gasteiger partial charge in [-0.25, -0.2) is 0 Å². The number of aryl methyl sites for hydroxylation is 1. The molecule has 1 heterocycles. The van der Waals surface area contributed by atoms with E-state index in [0.717, 1.165) is 12.0 Å². The zero-order valence-electron chi connectivity index (χ0n) is 11.9. The molecule has 2 aromatic rings. The van der Waals surface area contributed by atoms with E-state index in [1.807, 2.05) is 18.5 Å². The van der Waals surface area contributed by atoms with Crippen LogP contribution in [0.3, 0.4) is 0 Å². The quantitative estimate of drug-likeness (QED) is 0.901. The zero-order valence-corrected chi connectivity index (χ0v) is 11.9. The summed E-state index contributed by atoms with van der Waals surface area (Å²) in [5.41, 5.74) is 11.3. The fourth-order valence-corrected chi connectivity index (χ4v) is 2.30. The van der Waals surface area contributed by atoms with Crippen molar-refractivity contribution < 1.29 is 0 Å². The minimum Gasteiger partial charge on any atom is -0.320 e. The van der Waals surface area contributed by atoms with Crippen molar-refractivity contribution in [3.63, 3.8) is 0 Å². The highest BCUT2D eigenvalue weighted by Gasteiger charge is 2.12. The van der Waals surface area contributed by atoms with Crippen LogP contribution in [0.25, 0.3) is 0 Å². The van der Waals surface area contributed by atoms with Crippen molar-refractivity contribution in [1.29, 1.82) is 0 Å². The van der Waals surface area contributed by atoms with Crippen molar-refractivity contribution in [3.8, 4) is 0 Å². The first-order valence-electron chi connectivity index (χ1n) is 6.91. The Hall–Kier alpha value is -1.67. The molecule has 100 valence electrons. The van der Waals surface area contributed by atoms with Crippen molar-refractivity contribution in [2.75, 3.05) is 0 Å². The molecule has 2 N–H and O–H groups in total. The average molecular weight is 254 g/mol. The van der Waals surface area contributed by atoms with Gasteiger partial charge in [-0.1, -0.05) is 45.0 Å². The molecule has 2 rings (SSSR count). The minimum atomic E-state index is -0.0702. The zero-order chi connectivity index (χ0) is 13.8. The van der Waals surface area contributed by atoms with Crippen molar-refractivity contribution in [3.05, 3.63) is 65.0 Å². The maximum atomic E-state index is 6.39. The normalized spacial score (nSPS) is 12.7. The largest absolute Gasteiger partial charge is 0.320 e.